The Bertz CT molecular complexity index is 745. The van der Waals surface area contributed by atoms with E-state index in [0.717, 1.165) is 5.56 Å². The maximum atomic E-state index is 12.1. The Hall–Kier alpha value is -2.61. The number of thioether (sulfide) groups is 1. The molecule has 2 aromatic rings. The van der Waals surface area contributed by atoms with Gasteiger partial charge >= 0.3 is 6.03 Å². The van der Waals surface area contributed by atoms with Crippen molar-refractivity contribution >= 4 is 23.7 Å². The Kier molecular flexibility index (Phi) is 6.76. The third kappa shape index (κ3) is 4.93. The first-order valence-corrected chi connectivity index (χ1v) is 8.79. The largest absolute Gasteiger partial charge is 0.338 e. The van der Waals surface area contributed by atoms with Crippen molar-refractivity contribution in [3.05, 3.63) is 43.0 Å². The van der Waals surface area contributed by atoms with Crippen molar-refractivity contribution < 1.29 is 9.59 Å². The summed E-state index contributed by atoms with van der Waals surface area (Å²) in [4.78, 5) is 23.6. The zero-order valence-electron chi connectivity index (χ0n) is 14.2. The lowest BCUT2D eigenvalue weighted by Gasteiger charge is -2.12. The van der Waals surface area contributed by atoms with Crippen molar-refractivity contribution in [1.29, 1.82) is 0 Å². The van der Waals surface area contributed by atoms with Gasteiger partial charge in [0, 0.05) is 18.7 Å². The van der Waals surface area contributed by atoms with E-state index in [4.69, 9.17) is 0 Å². The van der Waals surface area contributed by atoms with Crippen molar-refractivity contribution in [2.75, 3.05) is 6.54 Å². The lowest BCUT2D eigenvalue weighted by atomic mass is 10.2. The molecule has 0 bridgehead atoms. The standard InChI is InChI=1S/C17H21N5O2S/c1-4-11-22-14(13-9-7-6-8-10-13)20-21-17(22)25-12(3)15(23)19-16(24)18-5-2/h4,6-10,12H,1,5,11H2,2-3H3,(H2,18,19,23,24)/t12-/m0/s1. The molecule has 8 heteroatoms. The van der Waals surface area contributed by atoms with Crippen LogP contribution in [0.1, 0.15) is 13.8 Å². The summed E-state index contributed by atoms with van der Waals surface area (Å²) in [5, 5.41) is 13.4. The summed E-state index contributed by atoms with van der Waals surface area (Å²) in [5.74, 6) is 0.324. The van der Waals surface area contributed by atoms with E-state index < -0.39 is 11.3 Å². The van der Waals surface area contributed by atoms with Gasteiger partial charge in [-0.25, -0.2) is 4.79 Å². The van der Waals surface area contributed by atoms with Crippen LogP contribution in [0.15, 0.2) is 48.1 Å². The van der Waals surface area contributed by atoms with E-state index in [2.05, 4.69) is 27.4 Å². The molecule has 0 spiro atoms. The quantitative estimate of drug-likeness (QED) is 0.585. The van der Waals surface area contributed by atoms with Gasteiger partial charge in [-0.2, -0.15) is 0 Å². The van der Waals surface area contributed by atoms with Gasteiger partial charge < -0.3 is 5.32 Å². The fourth-order valence-electron chi connectivity index (χ4n) is 2.10. The SMILES string of the molecule is C=CCn1c(S[C@@H](C)C(=O)NC(=O)NCC)nnc1-c1ccccc1. The molecule has 132 valence electrons. The summed E-state index contributed by atoms with van der Waals surface area (Å²) >= 11 is 1.24. The summed E-state index contributed by atoms with van der Waals surface area (Å²) < 4.78 is 1.89. The van der Waals surface area contributed by atoms with Gasteiger partial charge in [-0.3, -0.25) is 14.7 Å². The minimum atomic E-state index is -0.502. The zero-order valence-corrected chi connectivity index (χ0v) is 15.0. The number of urea groups is 1. The van der Waals surface area contributed by atoms with E-state index >= 15 is 0 Å². The number of allylic oxidation sites excluding steroid dienone is 1. The molecule has 0 saturated carbocycles. The molecule has 0 aliphatic heterocycles. The first-order valence-electron chi connectivity index (χ1n) is 7.91. The number of carbonyl (C=O) groups is 2. The van der Waals surface area contributed by atoms with Gasteiger partial charge in [-0.15, -0.1) is 16.8 Å². The average molecular weight is 359 g/mol. The number of nitrogens with one attached hydrogen (secondary N) is 2. The number of nitrogens with zero attached hydrogens (tertiary/aromatic N) is 3. The monoisotopic (exact) mass is 359 g/mol. The number of aromatic nitrogens is 3. The summed E-state index contributed by atoms with van der Waals surface area (Å²) in [6.45, 7) is 8.24. The number of imide groups is 1. The van der Waals surface area contributed by atoms with E-state index in [-0.39, 0.29) is 5.91 Å². The van der Waals surface area contributed by atoms with Crippen molar-refractivity contribution in [2.45, 2.75) is 30.8 Å². The van der Waals surface area contributed by atoms with Crippen molar-refractivity contribution in [3.63, 3.8) is 0 Å². The van der Waals surface area contributed by atoms with Gasteiger partial charge in [-0.1, -0.05) is 48.2 Å². The second-order valence-electron chi connectivity index (χ2n) is 5.18. The number of carbonyl (C=O) groups excluding carboxylic acids is 2. The normalized spacial score (nSPS) is 11.6. The van der Waals surface area contributed by atoms with Crippen LogP contribution in [0, 0.1) is 0 Å². The van der Waals surface area contributed by atoms with Crippen molar-refractivity contribution in [1.82, 2.24) is 25.4 Å². The van der Waals surface area contributed by atoms with Crippen LogP contribution >= 0.6 is 11.8 Å². The van der Waals surface area contributed by atoms with Crippen molar-refractivity contribution in [3.8, 4) is 11.4 Å². The van der Waals surface area contributed by atoms with E-state index in [0.29, 0.717) is 24.1 Å². The third-order valence-electron chi connectivity index (χ3n) is 3.29. The van der Waals surface area contributed by atoms with Crippen LogP contribution < -0.4 is 10.6 Å². The molecule has 25 heavy (non-hydrogen) atoms. The third-order valence-corrected chi connectivity index (χ3v) is 4.37. The predicted octanol–water partition coefficient (Wildman–Crippen LogP) is 2.46. The topological polar surface area (TPSA) is 88.9 Å². The van der Waals surface area contributed by atoms with Crippen molar-refractivity contribution in [2.24, 2.45) is 0 Å². The molecule has 7 nitrogen and oxygen atoms in total. The Morgan fingerprint density at radius 1 is 1.32 bits per heavy atom. The van der Waals surface area contributed by atoms with Crippen LogP contribution in [0.5, 0.6) is 0 Å². The first kappa shape index (κ1) is 18.7. The van der Waals surface area contributed by atoms with Gasteiger partial charge in [-0.05, 0) is 13.8 Å². The molecule has 0 aliphatic carbocycles. The minimum absolute atomic E-state index is 0.384. The van der Waals surface area contributed by atoms with Gasteiger partial charge in [0.1, 0.15) is 0 Å². The van der Waals surface area contributed by atoms with Crippen LogP contribution in [0.3, 0.4) is 0 Å². The van der Waals surface area contributed by atoms with Crippen LogP contribution in [0.25, 0.3) is 11.4 Å². The number of hydrogen-bond acceptors (Lipinski definition) is 5. The smallest absolute Gasteiger partial charge is 0.321 e. The Morgan fingerprint density at radius 3 is 2.68 bits per heavy atom. The first-order chi connectivity index (χ1) is 12.1. The zero-order chi connectivity index (χ0) is 18.2. The molecule has 0 fully saturated rings. The second-order valence-corrected chi connectivity index (χ2v) is 6.49. The number of rotatable bonds is 7. The fraction of sp³-hybridized carbons (Fsp3) is 0.294. The lowest BCUT2D eigenvalue weighted by molar-refractivity contribution is -0.119. The molecule has 0 saturated heterocycles. The molecule has 2 rings (SSSR count). The molecule has 1 atom stereocenters. The number of benzene rings is 1. The number of hydrogen-bond donors (Lipinski definition) is 2. The molecule has 3 amide bonds. The maximum Gasteiger partial charge on any atom is 0.321 e. The highest BCUT2D eigenvalue weighted by atomic mass is 32.2. The molecule has 0 radical (unpaired) electrons. The molecule has 0 unspecified atom stereocenters. The maximum absolute atomic E-state index is 12.1. The molecule has 1 aromatic heterocycles. The molecular formula is C17H21N5O2S. The Balaban J connectivity index is 2.16. The summed E-state index contributed by atoms with van der Waals surface area (Å²) in [5.41, 5.74) is 0.933. The molecule has 0 aliphatic rings. The van der Waals surface area contributed by atoms with E-state index in [9.17, 15) is 9.59 Å². The highest BCUT2D eigenvalue weighted by Gasteiger charge is 2.21. The lowest BCUT2D eigenvalue weighted by Crippen LogP contribution is -2.42. The van der Waals surface area contributed by atoms with E-state index in [1.165, 1.54) is 11.8 Å². The molecular weight excluding hydrogens is 338 g/mol. The Morgan fingerprint density at radius 2 is 2.04 bits per heavy atom. The molecule has 1 heterocycles. The van der Waals surface area contributed by atoms with Gasteiger partial charge in [0.15, 0.2) is 11.0 Å². The predicted molar refractivity (Wildman–Crippen MR) is 98.2 cm³/mol. The fourth-order valence-corrected chi connectivity index (χ4v) is 2.96. The summed E-state index contributed by atoms with van der Waals surface area (Å²) in [6, 6.07) is 9.18. The summed E-state index contributed by atoms with van der Waals surface area (Å²) in [7, 11) is 0. The van der Waals surface area contributed by atoms with Crippen LogP contribution in [-0.2, 0) is 11.3 Å². The van der Waals surface area contributed by atoms with E-state index in [1.54, 1.807) is 19.9 Å². The van der Waals surface area contributed by atoms with E-state index in [1.807, 2.05) is 34.9 Å². The highest BCUT2D eigenvalue weighted by molar-refractivity contribution is 8.00. The molecule has 1 aromatic carbocycles. The highest BCUT2D eigenvalue weighted by Crippen LogP contribution is 2.26. The summed E-state index contributed by atoms with van der Waals surface area (Å²) in [6.07, 6.45) is 1.75. The van der Waals surface area contributed by atoms with Gasteiger partial charge in [0.25, 0.3) is 0 Å². The van der Waals surface area contributed by atoms with Gasteiger partial charge in [0.05, 0.1) is 5.25 Å². The Labute approximate surface area is 150 Å². The van der Waals surface area contributed by atoms with Gasteiger partial charge in [0.2, 0.25) is 5.91 Å². The van der Waals surface area contributed by atoms with Crippen LogP contribution in [0.2, 0.25) is 0 Å². The average Bonchev–Trinajstić information content (AvgIpc) is 2.98. The second kappa shape index (κ2) is 9.03. The molecule has 2 N–H and O–H groups in total. The van der Waals surface area contributed by atoms with Crippen LogP contribution in [0.4, 0.5) is 4.79 Å². The number of amides is 3. The minimum Gasteiger partial charge on any atom is -0.338 e. The van der Waals surface area contributed by atoms with Crippen LogP contribution in [-0.4, -0.2) is 38.5 Å².